The number of nitrogens with one attached hydrogen (secondary N) is 1. The Balaban J connectivity index is 2.69. The third kappa shape index (κ3) is 2.99. The van der Waals surface area contributed by atoms with Crippen molar-refractivity contribution in [2.24, 2.45) is 0 Å². The van der Waals surface area contributed by atoms with Gasteiger partial charge in [0.1, 0.15) is 6.54 Å². The van der Waals surface area contributed by atoms with E-state index in [4.69, 9.17) is 5.11 Å². The van der Waals surface area contributed by atoms with Crippen LogP contribution in [0.25, 0.3) is 0 Å². The second-order valence-electron chi connectivity index (χ2n) is 2.45. The zero-order valence-corrected chi connectivity index (χ0v) is 8.10. The van der Waals surface area contributed by atoms with Crippen LogP contribution in [0.1, 0.15) is 0 Å². The van der Waals surface area contributed by atoms with Gasteiger partial charge in [0.05, 0.1) is 0 Å². The highest BCUT2D eigenvalue weighted by molar-refractivity contribution is 7.98. The second-order valence-corrected chi connectivity index (χ2v) is 3.30. The molecular weight excluding hydrogens is 186 g/mol. The molecule has 0 amide bonds. The lowest BCUT2D eigenvalue weighted by Crippen LogP contribution is -2.12. The SMILES string of the molecule is CSc1ccccc1NCC(=O)O. The molecule has 0 radical (unpaired) electrons. The third-order valence-electron chi connectivity index (χ3n) is 1.54. The number of benzene rings is 1. The standard InChI is InChI=1S/C9H11NO2S/c1-13-8-5-3-2-4-7(8)10-6-9(11)12/h2-5,10H,6H2,1H3,(H,11,12). The number of hydrogen-bond acceptors (Lipinski definition) is 3. The van der Waals surface area contributed by atoms with Gasteiger partial charge in [-0.2, -0.15) is 0 Å². The molecule has 3 nitrogen and oxygen atoms in total. The van der Waals surface area contributed by atoms with E-state index in [0.29, 0.717) is 0 Å². The highest BCUT2D eigenvalue weighted by Gasteiger charge is 2.00. The number of anilines is 1. The smallest absolute Gasteiger partial charge is 0.322 e. The molecule has 1 aromatic carbocycles. The number of carboxylic acid groups (broad SMARTS) is 1. The van der Waals surface area contributed by atoms with Crippen molar-refractivity contribution in [2.75, 3.05) is 18.1 Å². The van der Waals surface area contributed by atoms with Crippen LogP contribution >= 0.6 is 11.8 Å². The summed E-state index contributed by atoms with van der Waals surface area (Å²) in [5.41, 5.74) is 0.873. The van der Waals surface area contributed by atoms with E-state index >= 15 is 0 Å². The summed E-state index contributed by atoms with van der Waals surface area (Å²) in [6.45, 7) is -0.0441. The molecule has 0 unspecified atom stereocenters. The summed E-state index contributed by atoms with van der Waals surface area (Å²) >= 11 is 1.59. The van der Waals surface area contributed by atoms with Crippen molar-refractivity contribution in [3.05, 3.63) is 24.3 Å². The summed E-state index contributed by atoms with van der Waals surface area (Å²) in [6, 6.07) is 7.63. The maximum Gasteiger partial charge on any atom is 0.322 e. The maximum atomic E-state index is 10.3. The largest absolute Gasteiger partial charge is 0.480 e. The Kier molecular flexibility index (Phi) is 3.64. The molecule has 1 rings (SSSR count). The first-order valence-corrected chi connectivity index (χ1v) is 5.05. The van der Waals surface area contributed by atoms with Gasteiger partial charge in [0.2, 0.25) is 0 Å². The highest BCUT2D eigenvalue weighted by atomic mass is 32.2. The van der Waals surface area contributed by atoms with Crippen LogP contribution in [-0.4, -0.2) is 23.9 Å². The molecule has 0 aliphatic carbocycles. The molecular formula is C9H11NO2S. The summed E-state index contributed by atoms with van der Waals surface area (Å²) < 4.78 is 0. The molecule has 0 aliphatic rings. The fourth-order valence-electron chi connectivity index (χ4n) is 0.962. The van der Waals surface area contributed by atoms with Crippen molar-refractivity contribution in [1.29, 1.82) is 0 Å². The van der Waals surface area contributed by atoms with Crippen molar-refractivity contribution in [3.63, 3.8) is 0 Å². The topological polar surface area (TPSA) is 49.3 Å². The van der Waals surface area contributed by atoms with Crippen LogP contribution in [0.3, 0.4) is 0 Å². The zero-order valence-electron chi connectivity index (χ0n) is 7.28. The van der Waals surface area contributed by atoms with E-state index < -0.39 is 5.97 Å². The summed E-state index contributed by atoms with van der Waals surface area (Å²) in [6.07, 6.45) is 1.96. The van der Waals surface area contributed by atoms with Crippen LogP contribution in [0.2, 0.25) is 0 Å². The average molecular weight is 197 g/mol. The molecule has 0 aromatic heterocycles. The minimum atomic E-state index is -0.851. The predicted molar refractivity (Wildman–Crippen MR) is 54.3 cm³/mol. The molecule has 4 heteroatoms. The molecule has 2 N–H and O–H groups in total. The quantitative estimate of drug-likeness (QED) is 0.724. The summed E-state index contributed by atoms with van der Waals surface area (Å²) in [5.74, 6) is -0.851. The first-order chi connectivity index (χ1) is 6.24. The number of rotatable bonds is 4. The summed E-state index contributed by atoms with van der Waals surface area (Å²) in [4.78, 5) is 11.4. The number of para-hydroxylation sites is 1. The fraction of sp³-hybridized carbons (Fsp3) is 0.222. The predicted octanol–water partition coefficient (Wildman–Crippen LogP) is 1.90. The van der Waals surface area contributed by atoms with Crippen LogP contribution in [0.15, 0.2) is 29.2 Å². The Morgan fingerprint density at radius 1 is 1.54 bits per heavy atom. The van der Waals surface area contributed by atoms with E-state index in [1.54, 1.807) is 11.8 Å². The molecule has 0 heterocycles. The van der Waals surface area contributed by atoms with Crippen LogP contribution in [0.4, 0.5) is 5.69 Å². The van der Waals surface area contributed by atoms with Gasteiger partial charge in [0, 0.05) is 10.6 Å². The van der Waals surface area contributed by atoms with Crippen LogP contribution < -0.4 is 5.32 Å². The first kappa shape index (κ1) is 9.92. The molecule has 0 saturated heterocycles. The lowest BCUT2D eigenvalue weighted by molar-refractivity contribution is -0.134. The number of carboxylic acids is 1. The van der Waals surface area contributed by atoms with Gasteiger partial charge in [-0.1, -0.05) is 12.1 Å². The van der Waals surface area contributed by atoms with Gasteiger partial charge >= 0.3 is 5.97 Å². The molecule has 0 bridgehead atoms. The van der Waals surface area contributed by atoms with Gasteiger partial charge in [-0.05, 0) is 18.4 Å². The number of carbonyl (C=O) groups is 1. The Bertz CT molecular complexity index is 301. The van der Waals surface area contributed by atoms with Crippen molar-refractivity contribution < 1.29 is 9.90 Å². The van der Waals surface area contributed by atoms with Gasteiger partial charge in [0.25, 0.3) is 0 Å². The monoisotopic (exact) mass is 197 g/mol. The number of hydrogen-bond donors (Lipinski definition) is 2. The Hall–Kier alpha value is -1.16. The molecule has 70 valence electrons. The second kappa shape index (κ2) is 4.77. The molecule has 0 saturated carbocycles. The van der Waals surface area contributed by atoms with Gasteiger partial charge in [0.15, 0.2) is 0 Å². The first-order valence-electron chi connectivity index (χ1n) is 3.82. The summed E-state index contributed by atoms with van der Waals surface area (Å²) in [7, 11) is 0. The molecule has 0 atom stereocenters. The lowest BCUT2D eigenvalue weighted by atomic mass is 10.3. The Morgan fingerprint density at radius 3 is 2.85 bits per heavy atom. The molecule has 0 fully saturated rings. The van der Waals surface area contributed by atoms with Crippen molar-refractivity contribution in [1.82, 2.24) is 0 Å². The van der Waals surface area contributed by atoms with E-state index in [-0.39, 0.29) is 6.54 Å². The van der Waals surface area contributed by atoms with E-state index in [1.165, 1.54) is 0 Å². The molecule has 0 spiro atoms. The van der Waals surface area contributed by atoms with E-state index in [1.807, 2.05) is 30.5 Å². The molecule has 0 aliphatic heterocycles. The highest BCUT2D eigenvalue weighted by Crippen LogP contribution is 2.24. The van der Waals surface area contributed by atoms with Gasteiger partial charge in [-0.25, -0.2) is 0 Å². The number of aliphatic carboxylic acids is 1. The minimum Gasteiger partial charge on any atom is -0.480 e. The Morgan fingerprint density at radius 2 is 2.23 bits per heavy atom. The van der Waals surface area contributed by atoms with Crippen molar-refractivity contribution in [3.8, 4) is 0 Å². The van der Waals surface area contributed by atoms with Crippen molar-refractivity contribution in [2.45, 2.75) is 4.90 Å². The van der Waals surface area contributed by atoms with Crippen molar-refractivity contribution >= 4 is 23.4 Å². The Labute approximate surface area is 81.2 Å². The van der Waals surface area contributed by atoms with E-state index in [0.717, 1.165) is 10.6 Å². The number of thioether (sulfide) groups is 1. The van der Waals surface area contributed by atoms with Gasteiger partial charge < -0.3 is 10.4 Å². The third-order valence-corrected chi connectivity index (χ3v) is 2.33. The minimum absolute atomic E-state index is 0.0441. The maximum absolute atomic E-state index is 10.3. The van der Waals surface area contributed by atoms with Crippen LogP contribution in [-0.2, 0) is 4.79 Å². The molecule has 13 heavy (non-hydrogen) atoms. The molecule has 1 aromatic rings. The van der Waals surface area contributed by atoms with Gasteiger partial charge in [-0.3, -0.25) is 4.79 Å². The zero-order chi connectivity index (χ0) is 9.68. The van der Waals surface area contributed by atoms with Crippen LogP contribution in [0, 0.1) is 0 Å². The lowest BCUT2D eigenvalue weighted by Gasteiger charge is -2.07. The fourth-order valence-corrected chi connectivity index (χ4v) is 1.54. The van der Waals surface area contributed by atoms with E-state index in [9.17, 15) is 4.79 Å². The van der Waals surface area contributed by atoms with Gasteiger partial charge in [-0.15, -0.1) is 11.8 Å². The van der Waals surface area contributed by atoms with Crippen LogP contribution in [0.5, 0.6) is 0 Å². The summed E-state index contributed by atoms with van der Waals surface area (Å²) in [5, 5.41) is 11.3. The van der Waals surface area contributed by atoms with E-state index in [2.05, 4.69) is 5.32 Å². The normalized spacial score (nSPS) is 9.62. The average Bonchev–Trinajstić information content (AvgIpc) is 2.15.